The molecule has 1 amide bonds. The van der Waals surface area contributed by atoms with Crippen LogP contribution in [0.1, 0.15) is 5.69 Å². The van der Waals surface area contributed by atoms with E-state index in [1.807, 2.05) is 30.5 Å². The SMILES string of the molecule is CN(C(=O)Cc1cn2cc(F)ccc2n1)c1ccc2[nH]ccc2c1. The van der Waals surface area contributed by atoms with E-state index < -0.39 is 0 Å². The highest BCUT2D eigenvalue weighted by molar-refractivity contribution is 5.96. The molecule has 0 fully saturated rings. The number of amides is 1. The summed E-state index contributed by atoms with van der Waals surface area (Å²) < 4.78 is 14.8. The molecular formula is C18H15FN4O. The number of hydrogen-bond donors (Lipinski definition) is 1. The molecule has 5 nitrogen and oxygen atoms in total. The number of benzene rings is 1. The number of hydrogen-bond acceptors (Lipinski definition) is 2. The summed E-state index contributed by atoms with van der Waals surface area (Å²) in [5.74, 6) is -0.413. The van der Waals surface area contributed by atoms with Gasteiger partial charge in [-0.3, -0.25) is 4.79 Å². The lowest BCUT2D eigenvalue weighted by atomic mass is 10.2. The van der Waals surface area contributed by atoms with Gasteiger partial charge in [-0.2, -0.15) is 0 Å². The normalized spacial score (nSPS) is 11.2. The van der Waals surface area contributed by atoms with Gasteiger partial charge in [0.1, 0.15) is 11.5 Å². The van der Waals surface area contributed by atoms with Crippen molar-refractivity contribution < 1.29 is 9.18 Å². The minimum Gasteiger partial charge on any atom is -0.361 e. The van der Waals surface area contributed by atoms with Crippen molar-refractivity contribution in [2.24, 2.45) is 0 Å². The van der Waals surface area contributed by atoms with Crippen LogP contribution in [0, 0.1) is 5.82 Å². The predicted octanol–water partition coefficient (Wildman–Crippen LogP) is 3.16. The van der Waals surface area contributed by atoms with Crippen LogP contribution < -0.4 is 4.90 Å². The van der Waals surface area contributed by atoms with Gasteiger partial charge in [-0.25, -0.2) is 9.37 Å². The van der Waals surface area contributed by atoms with Gasteiger partial charge in [0, 0.05) is 42.2 Å². The van der Waals surface area contributed by atoms with Gasteiger partial charge in [0.25, 0.3) is 0 Å². The van der Waals surface area contributed by atoms with Crippen molar-refractivity contribution in [3.05, 3.63) is 66.5 Å². The Morgan fingerprint density at radius 2 is 2.12 bits per heavy atom. The Labute approximate surface area is 137 Å². The largest absolute Gasteiger partial charge is 0.361 e. The van der Waals surface area contributed by atoms with Crippen LogP contribution in [0.25, 0.3) is 16.6 Å². The van der Waals surface area contributed by atoms with Crippen LogP contribution in [0.15, 0.2) is 55.0 Å². The summed E-state index contributed by atoms with van der Waals surface area (Å²) in [6, 6.07) is 10.7. The second kappa shape index (κ2) is 5.49. The Morgan fingerprint density at radius 3 is 3.00 bits per heavy atom. The first-order valence-corrected chi connectivity index (χ1v) is 7.57. The van der Waals surface area contributed by atoms with Gasteiger partial charge in [0.15, 0.2) is 0 Å². The topological polar surface area (TPSA) is 53.4 Å². The first-order chi connectivity index (χ1) is 11.6. The maximum absolute atomic E-state index is 13.2. The summed E-state index contributed by atoms with van der Waals surface area (Å²) in [6.45, 7) is 0. The number of imidazole rings is 1. The van der Waals surface area contributed by atoms with Crippen molar-refractivity contribution in [3.8, 4) is 0 Å². The molecule has 1 aromatic carbocycles. The van der Waals surface area contributed by atoms with E-state index in [1.54, 1.807) is 28.6 Å². The quantitative estimate of drug-likeness (QED) is 0.630. The molecule has 0 spiro atoms. The number of halogens is 1. The van der Waals surface area contributed by atoms with E-state index >= 15 is 0 Å². The number of aromatic nitrogens is 3. The average molecular weight is 322 g/mol. The van der Waals surface area contributed by atoms with Gasteiger partial charge < -0.3 is 14.3 Å². The van der Waals surface area contributed by atoms with E-state index in [9.17, 15) is 9.18 Å². The number of likely N-dealkylation sites (N-methyl/N-ethyl adjacent to an activating group) is 1. The zero-order valence-electron chi connectivity index (χ0n) is 13.0. The zero-order chi connectivity index (χ0) is 16.7. The third-order valence-electron chi connectivity index (χ3n) is 4.10. The number of nitrogens with zero attached hydrogens (tertiary/aromatic N) is 3. The van der Waals surface area contributed by atoms with E-state index in [-0.39, 0.29) is 18.1 Å². The third-order valence-corrected chi connectivity index (χ3v) is 4.10. The number of pyridine rings is 1. The van der Waals surface area contributed by atoms with Crippen molar-refractivity contribution in [2.75, 3.05) is 11.9 Å². The van der Waals surface area contributed by atoms with Gasteiger partial charge >= 0.3 is 0 Å². The highest BCUT2D eigenvalue weighted by atomic mass is 19.1. The van der Waals surface area contributed by atoms with Crippen LogP contribution in [-0.2, 0) is 11.2 Å². The van der Waals surface area contributed by atoms with Crippen molar-refractivity contribution in [1.29, 1.82) is 0 Å². The van der Waals surface area contributed by atoms with Crippen molar-refractivity contribution in [2.45, 2.75) is 6.42 Å². The Bertz CT molecular complexity index is 1050. The standard InChI is InChI=1S/C18H15FN4O/c1-22(15-3-4-16-12(8-15)6-7-20-16)18(24)9-14-11-23-10-13(19)2-5-17(23)21-14/h2-8,10-11,20H,9H2,1H3. The van der Waals surface area contributed by atoms with Gasteiger partial charge in [-0.05, 0) is 36.4 Å². The van der Waals surface area contributed by atoms with E-state index in [2.05, 4.69) is 9.97 Å². The first-order valence-electron chi connectivity index (χ1n) is 7.57. The van der Waals surface area contributed by atoms with Gasteiger partial charge in [-0.1, -0.05) is 0 Å². The molecule has 3 heterocycles. The molecule has 0 saturated carbocycles. The molecule has 0 aliphatic carbocycles. The van der Waals surface area contributed by atoms with Crippen molar-refractivity contribution in [3.63, 3.8) is 0 Å². The van der Waals surface area contributed by atoms with E-state index in [4.69, 9.17) is 0 Å². The summed E-state index contributed by atoms with van der Waals surface area (Å²) in [5, 5.41) is 1.05. The highest BCUT2D eigenvalue weighted by Gasteiger charge is 2.14. The van der Waals surface area contributed by atoms with Crippen LogP contribution in [0.4, 0.5) is 10.1 Å². The number of carbonyl (C=O) groups excluding carboxylic acids is 1. The summed E-state index contributed by atoms with van der Waals surface area (Å²) in [6.07, 6.45) is 5.05. The number of anilines is 1. The Morgan fingerprint density at radius 1 is 1.25 bits per heavy atom. The predicted molar refractivity (Wildman–Crippen MR) is 90.6 cm³/mol. The molecule has 0 radical (unpaired) electrons. The Hall–Kier alpha value is -3.15. The summed E-state index contributed by atoms with van der Waals surface area (Å²) in [4.78, 5) is 21.6. The maximum atomic E-state index is 13.2. The smallest absolute Gasteiger partial charge is 0.232 e. The molecule has 3 aromatic heterocycles. The zero-order valence-corrected chi connectivity index (χ0v) is 13.0. The lowest BCUT2D eigenvalue weighted by Gasteiger charge is -2.17. The average Bonchev–Trinajstić information content (AvgIpc) is 3.18. The van der Waals surface area contributed by atoms with E-state index in [0.717, 1.165) is 16.6 Å². The fourth-order valence-electron chi connectivity index (χ4n) is 2.77. The van der Waals surface area contributed by atoms with Crippen LogP contribution in [0.5, 0.6) is 0 Å². The van der Waals surface area contributed by atoms with Gasteiger partial charge in [-0.15, -0.1) is 0 Å². The summed E-state index contributed by atoms with van der Waals surface area (Å²) in [7, 11) is 1.74. The molecule has 0 unspecified atom stereocenters. The lowest BCUT2D eigenvalue weighted by molar-refractivity contribution is -0.117. The Kier molecular flexibility index (Phi) is 3.30. The molecule has 0 bridgehead atoms. The summed E-state index contributed by atoms with van der Waals surface area (Å²) >= 11 is 0. The van der Waals surface area contributed by atoms with Gasteiger partial charge in [0.2, 0.25) is 5.91 Å². The number of aromatic amines is 1. The lowest BCUT2D eigenvalue weighted by Crippen LogP contribution is -2.27. The molecule has 24 heavy (non-hydrogen) atoms. The number of rotatable bonds is 3. The minimum absolute atomic E-state index is 0.0752. The van der Waals surface area contributed by atoms with Crippen molar-refractivity contribution in [1.82, 2.24) is 14.4 Å². The second-order valence-corrected chi connectivity index (χ2v) is 5.72. The first kappa shape index (κ1) is 14.4. The molecule has 120 valence electrons. The van der Waals surface area contributed by atoms with Gasteiger partial charge in [0.05, 0.1) is 12.1 Å². The molecule has 0 aliphatic heterocycles. The fourth-order valence-corrected chi connectivity index (χ4v) is 2.77. The van der Waals surface area contributed by atoms with Crippen molar-refractivity contribution >= 4 is 28.1 Å². The third kappa shape index (κ3) is 2.52. The van der Waals surface area contributed by atoms with Crippen LogP contribution >= 0.6 is 0 Å². The molecule has 4 rings (SSSR count). The molecule has 0 atom stereocenters. The van der Waals surface area contributed by atoms with E-state index in [0.29, 0.717) is 11.3 Å². The maximum Gasteiger partial charge on any atom is 0.232 e. The number of H-pyrrole nitrogens is 1. The molecule has 0 aliphatic rings. The monoisotopic (exact) mass is 322 g/mol. The molecule has 4 aromatic rings. The molecular weight excluding hydrogens is 307 g/mol. The minimum atomic E-state index is -0.338. The summed E-state index contributed by atoms with van der Waals surface area (Å²) in [5.41, 5.74) is 3.08. The molecule has 0 saturated heterocycles. The number of carbonyl (C=O) groups is 1. The Balaban J connectivity index is 1.57. The van der Waals surface area contributed by atoms with E-state index in [1.165, 1.54) is 12.3 Å². The molecule has 1 N–H and O–H groups in total. The van der Waals surface area contributed by atoms with Crippen LogP contribution in [-0.4, -0.2) is 27.3 Å². The molecule has 6 heteroatoms. The van der Waals surface area contributed by atoms with Crippen LogP contribution in [0.2, 0.25) is 0 Å². The number of fused-ring (bicyclic) bond motifs is 2. The highest BCUT2D eigenvalue weighted by Crippen LogP contribution is 2.21. The van der Waals surface area contributed by atoms with Crippen LogP contribution in [0.3, 0.4) is 0 Å². The number of nitrogens with one attached hydrogen (secondary N) is 1. The fraction of sp³-hybridized carbons (Fsp3) is 0.111. The second-order valence-electron chi connectivity index (χ2n) is 5.72.